The minimum Gasteiger partial charge on any atom is -0.314 e. The van der Waals surface area contributed by atoms with Crippen LogP contribution in [0, 0.1) is 0 Å². The molecule has 76 valence electrons. The van der Waals surface area contributed by atoms with Crippen molar-refractivity contribution in [1.82, 2.24) is 15.5 Å². The van der Waals surface area contributed by atoms with Gasteiger partial charge in [-0.15, -0.1) is 0 Å². The third-order valence-electron chi connectivity index (χ3n) is 3.17. The van der Waals surface area contributed by atoms with E-state index >= 15 is 0 Å². The van der Waals surface area contributed by atoms with Crippen molar-refractivity contribution in [2.75, 3.05) is 32.8 Å². The van der Waals surface area contributed by atoms with Crippen molar-refractivity contribution in [2.45, 2.75) is 31.7 Å². The summed E-state index contributed by atoms with van der Waals surface area (Å²) in [5.41, 5.74) is 0. The second-order valence-electron chi connectivity index (χ2n) is 4.21. The summed E-state index contributed by atoms with van der Waals surface area (Å²) in [5.74, 6) is 0. The van der Waals surface area contributed by atoms with E-state index in [0.29, 0.717) is 0 Å². The topological polar surface area (TPSA) is 27.3 Å². The van der Waals surface area contributed by atoms with Gasteiger partial charge in [0, 0.05) is 38.9 Å². The molecule has 1 saturated heterocycles. The zero-order chi connectivity index (χ0) is 8.93. The maximum atomic E-state index is 3.65. The van der Waals surface area contributed by atoms with E-state index in [0.717, 1.165) is 25.8 Å². The summed E-state index contributed by atoms with van der Waals surface area (Å²) in [6.07, 6.45) is 5.65. The largest absolute Gasteiger partial charge is 0.314 e. The summed E-state index contributed by atoms with van der Waals surface area (Å²) < 4.78 is 0. The van der Waals surface area contributed by atoms with Gasteiger partial charge in [-0.25, -0.2) is 0 Å². The second-order valence-corrected chi connectivity index (χ2v) is 4.21. The Kier molecular flexibility index (Phi) is 3.58. The second kappa shape index (κ2) is 4.94. The fraction of sp³-hybridized carbons (Fsp3) is 1.00. The lowest BCUT2D eigenvalue weighted by molar-refractivity contribution is 0.213. The molecule has 1 heterocycles. The van der Waals surface area contributed by atoms with Gasteiger partial charge in [-0.2, -0.15) is 0 Å². The van der Waals surface area contributed by atoms with Crippen molar-refractivity contribution >= 4 is 0 Å². The van der Waals surface area contributed by atoms with E-state index in [4.69, 9.17) is 0 Å². The average Bonchev–Trinajstić information content (AvgIpc) is 2.69. The lowest BCUT2D eigenvalue weighted by Crippen LogP contribution is -2.48. The molecule has 13 heavy (non-hydrogen) atoms. The quantitative estimate of drug-likeness (QED) is 0.662. The summed E-state index contributed by atoms with van der Waals surface area (Å²) in [5, 5.41) is 7.02. The van der Waals surface area contributed by atoms with Gasteiger partial charge in [0.1, 0.15) is 0 Å². The van der Waals surface area contributed by atoms with E-state index in [1.165, 1.54) is 38.8 Å². The number of nitrogens with zero attached hydrogens (tertiary/aromatic N) is 1. The first kappa shape index (κ1) is 9.44. The highest BCUT2D eigenvalue weighted by Gasteiger charge is 2.15. The molecule has 2 fully saturated rings. The van der Waals surface area contributed by atoms with Crippen LogP contribution < -0.4 is 10.6 Å². The monoisotopic (exact) mass is 183 g/mol. The Morgan fingerprint density at radius 1 is 1.15 bits per heavy atom. The van der Waals surface area contributed by atoms with Crippen molar-refractivity contribution in [3.63, 3.8) is 0 Å². The molecule has 1 aliphatic carbocycles. The molecule has 0 aromatic rings. The zero-order valence-electron chi connectivity index (χ0n) is 8.39. The molecule has 1 saturated carbocycles. The van der Waals surface area contributed by atoms with E-state index in [2.05, 4.69) is 15.5 Å². The van der Waals surface area contributed by atoms with E-state index < -0.39 is 0 Å². The van der Waals surface area contributed by atoms with E-state index in [1.54, 1.807) is 0 Å². The molecule has 1 aliphatic heterocycles. The van der Waals surface area contributed by atoms with E-state index in [9.17, 15) is 0 Å². The van der Waals surface area contributed by atoms with Crippen LogP contribution in [-0.2, 0) is 0 Å². The van der Waals surface area contributed by atoms with Gasteiger partial charge in [0.2, 0.25) is 0 Å². The van der Waals surface area contributed by atoms with Crippen LogP contribution in [0.4, 0.5) is 0 Å². The zero-order valence-corrected chi connectivity index (χ0v) is 8.39. The fourth-order valence-corrected chi connectivity index (χ4v) is 2.26. The SMILES string of the molecule is C1CCC(NCN2CCNCC2)C1. The number of hydrogen-bond acceptors (Lipinski definition) is 3. The lowest BCUT2D eigenvalue weighted by atomic mass is 10.2. The maximum Gasteiger partial charge on any atom is 0.0483 e. The first-order valence-electron chi connectivity index (χ1n) is 5.61. The van der Waals surface area contributed by atoms with Gasteiger partial charge in [0.15, 0.2) is 0 Å². The molecule has 3 nitrogen and oxygen atoms in total. The molecule has 2 N–H and O–H groups in total. The Morgan fingerprint density at radius 2 is 1.85 bits per heavy atom. The molecular formula is C10H21N3. The van der Waals surface area contributed by atoms with Gasteiger partial charge in [-0.3, -0.25) is 4.90 Å². The van der Waals surface area contributed by atoms with Crippen LogP contribution in [0.25, 0.3) is 0 Å². The Morgan fingerprint density at radius 3 is 2.54 bits per heavy atom. The van der Waals surface area contributed by atoms with Crippen molar-refractivity contribution in [1.29, 1.82) is 0 Å². The van der Waals surface area contributed by atoms with Gasteiger partial charge in [0.25, 0.3) is 0 Å². The molecule has 0 amide bonds. The maximum absolute atomic E-state index is 3.65. The summed E-state index contributed by atoms with van der Waals surface area (Å²) >= 11 is 0. The molecule has 0 aromatic carbocycles. The van der Waals surface area contributed by atoms with Gasteiger partial charge in [-0.1, -0.05) is 12.8 Å². The molecule has 0 spiro atoms. The predicted molar refractivity (Wildman–Crippen MR) is 54.7 cm³/mol. The van der Waals surface area contributed by atoms with Crippen LogP contribution in [0.15, 0.2) is 0 Å². The molecule has 0 unspecified atom stereocenters. The number of piperazine rings is 1. The van der Waals surface area contributed by atoms with Crippen LogP contribution in [0.2, 0.25) is 0 Å². The fourth-order valence-electron chi connectivity index (χ4n) is 2.26. The molecule has 0 atom stereocenters. The number of hydrogen-bond donors (Lipinski definition) is 2. The van der Waals surface area contributed by atoms with Crippen LogP contribution in [0.1, 0.15) is 25.7 Å². The van der Waals surface area contributed by atoms with Crippen LogP contribution in [0.5, 0.6) is 0 Å². The third kappa shape index (κ3) is 2.93. The highest BCUT2D eigenvalue weighted by molar-refractivity contribution is 4.74. The van der Waals surface area contributed by atoms with E-state index in [1.807, 2.05) is 0 Å². The highest BCUT2D eigenvalue weighted by atomic mass is 15.3. The Bertz CT molecular complexity index is 137. The molecule has 0 bridgehead atoms. The molecule has 3 heteroatoms. The molecule has 2 rings (SSSR count). The molecule has 0 radical (unpaired) electrons. The Balaban J connectivity index is 1.60. The smallest absolute Gasteiger partial charge is 0.0483 e. The standard InChI is InChI=1S/C10H21N3/c1-2-4-10(3-1)12-9-13-7-5-11-6-8-13/h10-12H,1-9H2. The first-order valence-corrected chi connectivity index (χ1v) is 5.61. The van der Waals surface area contributed by atoms with Gasteiger partial charge in [0.05, 0.1) is 0 Å². The predicted octanol–water partition coefficient (Wildman–Crippen LogP) is 0.381. The minimum absolute atomic E-state index is 0.815. The van der Waals surface area contributed by atoms with Gasteiger partial charge >= 0.3 is 0 Å². The summed E-state index contributed by atoms with van der Waals surface area (Å²) in [6, 6.07) is 0.815. The summed E-state index contributed by atoms with van der Waals surface area (Å²) in [7, 11) is 0. The summed E-state index contributed by atoms with van der Waals surface area (Å²) in [4.78, 5) is 2.51. The molecule has 0 aromatic heterocycles. The Labute approximate surface area is 80.9 Å². The molecule has 2 aliphatic rings. The van der Waals surface area contributed by atoms with Crippen LogP contribution >= 0.6 is 0 Å². The number of nitrogens with one attached hydrogen (secondary N) is 2. The van der Waals surface area contributed by atoms with Crippen molar-refractivity contribution in [3.8, 4) is 0 Å². The highest BCUT2D eigenvalue weighted by Crippen LogP contribution is 2.17. The normalized spacial score (nSPS) is 26.8. The minimum atomic E-state index is 0.815. The lowest BCUT2D eigenvalue weighted by Gasteiger charge is -2.28. The first-order chi connectivity index (χ1) is 6.45. The number of rotatable bonds is 3. The Hall–Kier alpha value is -0.120. The van der Waals surface area contributed by atoms with Gasteiger partial charge in [-0.05, 0) is 12.8 Å². The third-order valence-corrected chi connectivity index (χ3v) is 3.17. The van der Waals surface area contributed by atoms with Crippen LogP contribution in [-0.4, -0.2) is 43.8 Å². The van der Waals surface area contributed by atoms with E-state index in [-0.39, 0.29) is 0 Å². The molecular weight excluding hydrogens is 162 g/mol. The summed E-state index contributed by atoms with van der Waals surface area (Å²) in [6.45, 7) is 5.84. The van der Waals surface area contributed by atoms with Gasteiger partial charge < -0.3 is 10.6 Å². The van der Waals surface area contributed by atoms with Crippen LogP contribution in [0.3, 0.4) is 0 Å². The van der Waals surface area contributed by atoms with Crippen molar-refractivity contribution < 1.29 is 0 Å². The van der Waals surface area contributed by atoms with Crippen molar-refractivity contribution in [3.05, 3.63) is 0 Å². The van der Waals surface area contributed by atoms with Crippen molar-refractivity contribution in [2.24, 2.45) is 0 Å². The average molecular weight is 183 g/mol.